The van der Waals surface area contributed by atoms with E-state index in [1.165, 1.54) is 7.11 Å². The van der Waals surface area contributed by atoms with Gasteiger partial charge in [-0.1, -0.05) is 18.2 Å². The van der Waals surface area contributed by atoms with E-state index in [0.29, 0.717) is 17.0 Å². The Kier molecular flexibility index (Phi) is 6.13. The van der Waals surface area contributed by atoms with Crippen LogP contribution in [-0.2, 0) is 9.53 Å². The van der Waals surface area contributed by atoms with Gasteiger partial charge in [0.25, 0.3) is 5.91 Å². The number of benzene rings is 2. The summed E-state index contributed by atoms with van der Waals surface area (Å²) in [6.07, 6.45) is 0. The molecule has 8 nitrogen and oxygen atoms in total. The summed E-state index contributed by atoms with van der Waals surface area (Å²) in [5.41, 5.74) is 1.64. The first-order chi connectivity index (χ1) is 14.0. The molecule has 0 aliphatic heterocycles. The van der Waals surface area contributed by atoms with Crippen LogP contribution in [-0.4, -0.2) is 31.6 Å². The van der Waals surface area contributed by atoms with Crippen LogP contribution in [0.2, 0.25) is 0 Å². The van der Waals surface area contributed by atoms with E-state index < -0.39 is 17.9 Å². The highest BCUT2D eigenvalue weighted by atomic mass is 16.5. The fourth-order valence-corrected chi connectivity index (χ4v) is 2.68. The van der Waals surface area contributed by atoms with Gasteiger partial charge in [-0.2, -0.15) is 0 Å². The van der Waals surface area contributed by atoms with Gasteiger partial charge in [-0.3, -0.25) is 9.59 Å². The molecule has 0 spiro atoms. The van der Waals surface area contributed by atoms with Crippen molar-refractivity contribution >= 4 is 34.6 Å². The van der Waals surface area contributed by atoms with Crippen molar-refractivity contribution in [2.24, 2.45) is 0 Å². The first-order valence-corrected chi connectivity index (χ1v) is 8.97. The number of rotatable bonds is 6. The molecular weight excluding hydrogens is 374 g/mol. The number of nitrogens with one attached hydrogen (secondary N) is 3. The average Bonchev–Trinajstić information content (AvgIpc) is 3.16. The Morgan fingerprint density at radius 2 is 1.79 bits per heavy atom. The first kappa shape index (κ1) is 19.9. The molecule has 3 aromatic rings. The number of anilines is 1. The Balaban J connectivity index is 1.54. The number of para-hydroxylation sites is 1. The molecule has 0 radical (unpaired) electrons. The van der Waals surface area contributed by atoms with Gasteiger partial charge in [0.1, 0.15) is 17.9 Å². The lowest BCUT2D eigenvalue weighted by atomic mass is 10.2. The van der Waals surface area contributed by atoms with Gasteiger partial charge in [0.2, 0.25) is 0 Å². The molecule has 0 aliphatic carbocycles. The average molecular weight is 395 g/mol. The number of methoxy groups -OCH3 is 1. The van der Waals surface area contributed by atoms with Crippen molar-refractivity contribution in [1.29, 1.82) is 0 Å². The van der Waals surface area contributed by atoms with E-state index in [1.54, 1.807) is 24.3 Å². The van der Waals surface area contributed by atoms with Gasteiger partial charge in [0, 0.05) is 16.6 Å². The van der Waals surface area contributed by atoms with Crippen molar-refractivity contribution in [1.82, 2.24) is 10.6 Å². The van der Waals surface area contributed by atoms with Crippen LogP contribution in [0.3, 0.4) is 0 Å². The van der Waals surface area contributed by atoms with Crippen LogP contribution in [0.15, 0.2) is 59.0 Å². The summed E-state index contributed by atoms with van der Waals surface area (Å²) in [4.78, 5) is 35.3. The lowest BCUT2D eigenvalue weighted by Crippen LogP contribution is -2.31. The van der Waals surface area contributed by atoms with Crippen molar-refractivity contribution < 1.29 is 23.5 Å². The van der Waals surface area contributed by atoms with Crippen LogP contribution < -0.4 is 16.0 Å². The SMILES string of the molecule is COC(=O)CNC(=O)c1ccc(NC(=O)N[C@@H](C)c2cc3ccccc3o2)cc1. The van der Waals surface area contributed by atoms with Gasteiger partial charge >= 0.3 is 12.0 Å². The number of furan rings is 1. The third-order valence-corrected chi connectivity index (χ3v) is 4.24. The molecule has 29 heavy (non-hydrogen) atoms. The van der Waals surface area contributed by atoms with Crippen LogP contribution in [0.5, 0.6) is 0 Å². The summed E-state index contributed by atoms with van der Waals surface area (Å²) in [5.74, 6) is -0.296. The number of hydrogen-bond acceptors (Lipinski definition) is 5. The fraction of sp³-hybridized carbons (Fsp3) is 0.190. The number of carbonyl (C=O) groups excluding carboxylic acids is 3. The minimum atomic E-state index is -0.535. The molecule has 3 amide bonds. The van der Waals surface area contributed by atoms with Crippen LogP contribution >= 0.6 is 0 Å². The van der Waals surface area contributed by atoms with Crippen molar-refractivity contribution in [3.8, 4) is 0 Å². The Morgan fingerprint density at radius 3 is 2.48 bits per heavy atom. The van der Waals surface area contributed by atoms with E-state index in [1.807, 2.05) is 37.3 Å². The van der Waals surface area contributed by atoms with E-state index in [4.69, 9.17) is 4.42 Å². The van der Waals surface area contributed by atoms with E-state index in [0.717, 1.165) is 11.0 Å². The van der Waals surface area contributed by atoms with E-state index in [9.17, 15) is 14.4 Å². The highest BCUT2D eigenvalue weighted by Gasteiger charge is 2.14. The summed E-state index contributed by atoms with van der Waals surface area (Å²) in [7, 11) is 1.25. The number of urea groups is 1. The summed E-state index contributed by atoms with van der Waals surface area (Å²) in [6.45, 7) is 1.61. The summed E-state index contributed by atoms with van der Waals surface area (Å²) in [6, 6.07) is 15.1. The first-order valence-electron chi connectivity index (χ1n) is 8.97. The highest BCUT2D eigenvalue weighted by molar-refractivity contribution is 5.97. The zero-order chi connectivity index (χ0) is 20.8. The van der Waals surface area contributed by atoms with E-state index in [-0.39, 0.29) is 12.6 Å². The second-order valence-electron chi connectivity index (χ2n) is 6.34. The fourth-order valence-electron chi connectivity index (χ4n) is 2.68. The minimum absolute atomic E-state index is 0.211. The standard InChI is InChI=1S/C21H21N3O5/c1-13(18-11-15-5-3-4-6-17(15)29-18)23-21(27)24-16-9-7-14(8-10-16)20(26)22-12-19(25)28-2/h3-11,13H,12H2,1-2H3,(H,22,26)(H2,23,24,27)/t13-/m0/s1. The van der Waals surface area contributed by atoms with Crippen LogP contribution in [0, 0.1) is 0 Å². The van der Waals surface area contributed by atoms with Crippen LogP contribution in [0.1, 0.15) is 29.1 Å². The second-order valence-corrected chi connectivity index (χ2v) is 6.34. The third kappa shape index (κ3) is 5.13. The Bertz CT molecular complexity index is 993. The minimum Gasteiger partial charge on any atom is -0.468 e. The molecule has 0 aliphatic rings. The normalized spacial score (nSPS) is 11.5. The largest absolute Gasteiger partial charge is 0.468 e. The van der Waals surface area contributed by atoms with Crippen molar-refractivity contribution in [3.63, 3.8) is 0 Å². The smallest absolute Gasteiger partial charge is 0.325 e. The van der Waals surface area contributed by atoms with Gasteiger partial charge in [-0.25, -0.2) is 4.79 Å². The molecule has 0 saturated carbocycles. The monoisotopic (exact) mass is 395 g/mol. The van der Waals surface area contributed by atoms with Gasteiger partial charge < -0.3 is 25.1 Å². The Morgan fingerprint density at radius 1 is 1.07 bits per heavy atom. The number of hydrogen-bond donors (Lipinski definition) is 3. The molecule has 8 heteroatoms. The number of esters is 1. The van der Waals surface area contributed by atoms with Crippen LogP contribution in [0.25, 0.3) is 11.0 Å². The maximum atomic E-state index is 12.2. The van der Waals surface area contributed by atoms with Crippen molar-refractivity contribution in [3.05, 3.63) is 65.9 Å². The highest BCUT2D eigenvalue weighted by Crippen LogP contribution is 2.23. The molecule has 1 aromatic heterocycles. The molecule has 3 rings (SSSR count). The summed E-state index contributed by atoms with van der Waals surface area (Å²) in [5, 5.41) is 8.92. The molecule has 0 saturated heterocycles. The Hall–Kier alpha value is -3.81. The van der Waals surface area contributed by atoms with E-state index in [2.05, 4.69) is 20.7 Å². The quantitative estimate of drug-likeness (QED) is 0.555. The molecule has 2 aromatic carbocycles. The third-order valence-electron chi connectivity index (χ3n) is 4.24. The lowest BCUT2D eigenvalue weighted by molar-refractivity contribution is -0.139. The summed E-state index contributed by atoms with van der Waals surface area (Å²) >= 11 is 0. The predicted molar refractivity (Wildman–Crippen MR) is 108 cm³/mol. The molecule has 1 heterocycles. The molecular formula is C21H21N3O5. The molecule has 150 valence electrons. The summed E-state index contributed by atoms with van der Waals surface area (Å²) < 4.78 is 10.2. The zero-order valence-electron chi connectivity index (χ0n) is 16.0. The molecule has 1 atom stereocenters. The van der Waals surface area contributed by atoms with Gasteiger partial charge in [-0.05, 0) is 43.3 Å². The van der Waals surface area contributed by atoms with Crippen molar-refractivity contribution in [2.75, 3.05) is 19.0 Å². The van der Waals surface area contributed by atoms with Crippen molar-refractivity contribution in [2.45, 2.75) is 13.0 Å². The zero-order valence-corrected chi connectivity index (χ0v) is 16.0. The molecule has 3 N–H and O–H groups in total. The number of fused-ring (bicyclic) bond motifs is 1. The van der Waals surface area contributed by atoms with Gasteiger partial charge in [-0.15, -0.1) is 0 Å². The van der Waals surface area contributed by atoms with Crippen LogP contribution in [0.4, 0.5) is 10.5 Å². The van der Waals surface area contributed by atoms with E-state index >= 15 is 0 Å². The number of ether oxygens (including phenoxy) is 1. The molecule has 0 bridgehead atoms. The van der Waals surface area contributed by atoms with Gasteiger partial charge in [0.15, 0.2) is 0 Å². The Labute approximate surface area is 167 Å². The molecule has 0 unspecified atom stereocenters. The van der Waals surface area contributed by atoms with Gasteiger partial charge in [0.05, 0.1) is 13.2 Å². The maximum Gasteiger partial charge on any atom is 0.325 e. The number of carbonyl (C=O) groups is 3. The number of amides is 3. The predicted octanol–water partition coefficient (Wildman–Crippen LogP) is 3.22. The second kappa shape index (κ2) is 8.92. The maximum absolute atomic E-state index is 12.2. The lowest BCUT2D eigenvalue weighted by Gasteiger charge is -2.13. The molecule has 0 fully saturated rings. The topological polar surface area (TPSA) is 110 Å².